The second kappa shape index (κ2) is 7.55. The summed E-state index contributed by atoms with van der Waals surface area (Å²) in [6.07, 6.45) is 1.66. The van der Waals surface area contributed by atoms with E-state index in [1.54, 1.807) is 11.3 Å². The largest absolute Gasteiger partial charge is 0.490 e. The van der Waals surface area contributed by atoms with Gasteiger partial charge in [-0.25, -0.2) is 13.8 Å². The molecule has 2 heterocycles. The van der Waals surface area contributed by atoms with Gasteiger partial charge in [0.25, 0.3) is 0 Å². The summed E-state index contributed by atoms with van der Waals surface area (Å²) in [7, 11) is 0. The lowest BCUT2D eigenvalue weighted by molar-refractivity contribution is 0.0774. The van der Waals surface area contributed by atoms with Gasteiger partial charge >= 0.3 is 0 Å². The second-order valence-corrected chi connectivity index (χ2v) is 6.87. The Morgan fingerprint density at radius 2 is 2.08 bits per heavy atom. The summed E-state index contributed by atoms with van der Waals surface area (Å²) in [5, 5.41) is 0. The molecule has 2 N–H and O–H groups in total. The maximum Gasteiger partial charge on any atom is 0.162 e. The van der Waals surface area contributed by atoms with Crippen LogP contribution in [-0.4, -0.2) is 35.6 Å². The number of halogens is 2. The van der Waals surface area contributed by atoms with Gasteiger partial charge in [-0.15, -0.1) is 11.3 Å². The molecular weight excluding hydrogens is 332 g/mol. The highest BCUT2D eigenvalue weighted by molar-refractivity contribution is 7.09. The number of thiazole rings is 1. The number of nitrogens with zero attached hydrogens (tertiary/aromatic N) is 2. The molecule has 1 aromatic heterocycles. The maximum atomic E-state index is 13.3. The third-order valence-electron chi connectivity index (χ3n) is 4.42. The number of aromatic nitrogens is 1. The lowest BCUT2D eigenvalue weighted by Gasteiger charge is -2.36. The number of hydrogen-bond donors (Lipinski definition) is 1. The molecule has 0 amide bonds. The summed E-state index contributed by atoms with van der Waals surface area (Å²) in [6, 6.07) is 3.84. The van der Waals surface area contributed by atoms with E-state index in [0.717, 1.165) is 43.8 Å². The van der Waals surface area contributed by atoms with E-state index in [0.29, 0.717) is 12.3 Å². The van der Waals surface area contributed by atoms with E-state index >= 15 is 0 Å². The molecule has 1 saturated heterocycles. The van der Waals surface area contributed by atoms with Crippen LogP contribution in [0.2, 0.25) is 0 Å². The van der Waals surface area contributed by atoms with Crippen molar-refractivity contribution in [2.24, 2.45) is 5.73 Å². The molecule has 0 saturated carbocycles. The van der Waals surface area contributed by atoms with Crippen LogP contribution in [0.5, 0.6) is 5.75 Å². The van der Waals surface area contributed by atoms with Crippen molar-refractivity contribution in [3.63, 3.8) is 0 Å². The molecule has 1 aliphatic rings. The molecule has 1 aliphatic heterocycles. The standard InChI is InChI=1S/C17H21F2N3OS/c1-11-17(24-10-21-11)16(9-20)22-6-4-12(5-7-22)23-13-2-3-14(18)15(19)8-13/h2-3,8,10,12,16H,4-7,9,20H2,1H3. The summed E-state index contributed by atoms with van der Waals surface area (Å²) < 4.78 is 32.0. The van der Waals surface area contributed by atoms with Gasteiger partial charge in [-0.05, 0) is 31.9 Å². The van der Waals surface area contributed by atoms with E-state index < -0.39 is 11.6 Å². The van der Waals surface area contributed by atoms with Gasteiger partial charge in [-0.2, -0.15) is 0 Å². The summed E-state index contributed by atoms with van der Waals surface area (Å²) in [4.78, 5) is 7.88. The van der Waals surface area contributed by atoms with E-state index in [-0.39, 0.29) is 12.1 Å². The summed E-state index contributed by atoms with van der Waals surface area (Å²) in [5.41, 5.74) is 8.87. The number of likely N-dealkylation sites (tertiary alicyclic amines) is 1. The number of nitrogens with two attached hydrogens (primary N) is 1. The molecule has 1 fully saturated rings. The first-order valence-corrected chi connectivity index (χ1v) is 8.92. The van der Waals surface area contributed by atoms with Crippen LogP contribution < -0.4 is 10.5 Å². The summed E-state index contributed by atoms with van der Waals surface area (Å²) >= 11 is 1.64. The molecule has 0 spiro atoms. The summed E-state index contributed by atoms with van der Waals surface area (Å²) in [6.45, 7) is 4.27. The average Bonchev–Trinajstić information content (AvgIpc) is 2.99. The van der Waals surface area contributed by atoms with Crippen molar-refractivity contribution in [3.05, 3.63) is 45.9 Å². The third kappa shape index (κ3) is 3.74. The Labute approximate surface area is 144 Å². The monoisotopic (exact) mass is 353 g/mol. The lowest BCUT2D eigenvalue weighted by Crippen LogP contribution is -2.42. The van der Waals surface area contributed by atoms with E-state index in [1.165, 1.54) is 10.9 Å². The number of rotatable bonds is 5. The minimum Gasteiger partial charge on any atom is -0.490 e. The number of aryl methyl sites for hydroxylation is 1. The zero-order valence-corrected chi connectivity index (χ0v) is 14.4. The van der Waals surface area contributed by atoms with Gasteiger partial charge in [-0.1, -0.05) is 0 Å². The van der Waals surface area contributed by atoms with Crippen molar-refractivity contribution in [2.75, 3.05) is 19.6 Å². The van der Waals surface area contributed by atoms with Crippen molar-refractivity contribution in [1.82, 2.24) is 9.88 Å². The predicted molar refractivity (Wildman–Crippen MR) is 90.2 cm³/mol. The maximum absolute atomic E-state index is 13.3. The highest BCUT2D eigenvalue weighted by Crippen LogP contribution is 2.30. The lowest BCUT2D eigenvalue weighted by atomic mass is 10.0. The Balaban J connectivity index is 1.59. The fourth-order valence-electron chi connectivity index (χ4n) is 3.10. The zero-order valence-electron chi connectivity index (χ0n) is 13.5. The highest BCUT2D eigenvalue weighted by Gasteiger charge is 2.28. The zero-order chi connectivity index (χ0) is 17.1. The van der Waals surface area contributed by atoms with Gasteiger partial charge < -0.3 is 10.5 Å². The fourth-order valence-corrected chi connectivity index (χ4v) is 4.05. The first-order chi connectivity index (χ1) is 11.6. The van der Waals surface area contributed by atoms with Gasteiger partial charge in [0.05, 0.1) is 17.2 Å². The van der Waals surface area contributed by atoms with E-state index in [9.17, 15) is 8.78 Å². The molecule has 1 unspecified atom stereocenters. The van der Waals surface area contributed by atoms with E-state index in [1.807, 2.05) is 12.4 Å². The van der Waals surface area contributed by atoms with Crippen LogP contribution >= 0.6 is 11.3 Å². The fraction of sp³-hybridized carbons (Fsp3) is 0.471. The predicted octanol–water partition coefficient (Wildman–Crippen LogP) is 3.27. The Kier molecular flexibility index (Phi) is 5.43. The van der Waals surface area contributed by atoms with Crippen molar-refractivity contribution in [2.45, 2.75) is 31.9 Å². The first-order valence-electron chi connectivity index (χ1n) is 8.04. The minimum absolute atomic E-state index is 0.00657. The van der Waals surface area contributed by atoms with Crippen LogP contribution in [0, 0.1) is 18.6 Å². The SMILES string of the molecule is Cc1ncsc1C(CN)N1CCC(Oc2ccc(F)c(F)c2)CC1. The van der Waals surface area contributed by atoms with Crippen LogP contribution in [0.25, 0.3) is 0 Å². The Bertz CT molecular complexity index is 686. The highest BCUT2D eigenvalue weighted by atomic mass is 32.1. The van der Waals surface area contributed by atoms with Crippen LogP contribution in [0.1, 0.15) is 29.5 Å². The van der Waals surface area contributed by atoms with Crippen molar-refractivity contribution in [3.8, 4) is 5.75 Å². The molecule has 24 heavy (non-hydrogen) atoms. The molecule has 3 rings (SSSR count). The van der Waals surface area contributed by atoms with Crippen LogP contribution in [0.4, 0.5) is 8.78 Å². The topological polar surface area (TPSA) is 51.4 Å². The molecule has 1 atom stereocenters. The normalized spacial score (nSPS) is 17.8. The van der Waals surface area contributed by atoms with Crippen molar-refractivity contribution >= 4 is 11.3 Å². The van der Waals surface area contributed by atoms with Gasteiger partial charge in [0.1, 0.15) is 11.9 Å². The molecular formula is C17H21F2N3OS. The number of ether oxygens (including phenoxy) is 1. The smallest absolute Gasteiger partial charge is 0.162 e. The van der Waals surface area contributed by atoms with Crippen molar-refractivity contribution < 1.29 is 13.5 Å². The van der Waals surface area contributed by atoms with Gasteiger partial charge in [0.2, 0.25) is 0 Å². The van der Waals surface area contributed by atoms with Gasteiger partial charge in [0.15, 0.2) is 11.6 Å². The average molecular weight is 353 g/mol. The molecule has 0 bridgehead atoms. The van der Waals surface area contributed by atoms with Gasteiger partial charge in [-0.3, -0.25) is 4.90 Å². The Morgan fingerprint density at radius 1 is 1.33 bits per heavy atom. The molecule has 0 aliphatic carbocycles. The molecule has 0 radical (unpaired) electrons. The molecule has 7 heteroatoms. The number of benzene rings is 1. The van der Waals surface area contributed by atoms with E-state index in [4.69, 9.17) is 10.5 Å². The quantitative estimate of drug-likeness (QED) is 0.896. The molecule has 1 aromatic carbocycles. The molecule has 130 valence electrons. The van der Waals surface area contributed by atoms with E-state index in [2.05, 4.69) is 9.88 Å². The van der Waals surface area contributed by atoms with Crippen LogP contribution in [0.15, 0.2) is 23.7 Å². The number of hydrogen-bond acceptors (Lipinski definition) is 5. The number of piperidine rings is 1. The van der Waals surface area contributed by atoms with Crippen molar-refractivity contribution in [1.29, 1.82) is 0 Å². The minimum atomic E-state index is -0.881. The Hall–Kier alpha value is -1.57. The summed E-state index contributed by atoms with van der Waals surface area (Å²) in [5.74, 6) is -1.36. The van der Waals surface area contributed by atoms with Crippen LogP contribution in [0.3, 0.4) is 0 Å². The third-order valence-corrected chi connectivity index (χ3v) is 5.45. The second-order valence-electron chi connectivity index (χ2n) is 5.98. The molecule has 4 nitrogen and oxygen atoms in total. The van der Waals surface area contributed by atoms with Gasteiger partial charge in [0, 0.05) is 30.6 Å². The van der Waals surface area contributed by atoms with Crippen LogP contribution in [-0.2, 0) is 0 Å². The first kappa shape index (κ1) is 17.3. The molecule has 2 aromatic rings. The Morgan fingerprint density at radius 3 is 2.67 bits per heavy atom.